The highest BCUT2D eigenvalue weighted by atomic mass is 79.9. The second-order valence-corrected chi connectivity index (χ2v) is 4.24. The van der Waals surface area contributed by atoms with E-state index in [1.54, 1.807) is 0 Å². The fourth-order valence-corrected chi connectivity index (χ4v) is 1.60. The van der Waals surface area contributed by atoms with Crippen molar-refractivity contribution >= 4 is 28.0 Å². The van der Waals surface area contributed by atoms with E-state index in [0.29, 0.717) is 12.8 Å². The monoisotopic (exact) mass is 248 g/mol. The first kappa shape index (κ1) is 12.8. The summed E-state index contributed by atoms with van der Waals surface area (Å²) >= 11 is 3.34. The van der Waals surface area contributed by atoms with Crippen LogP contribution < -0.4 is 0 Å². The lowest BCUT2D eigenvalue weighted by Crippen LogP contribution is -2.13. The quantitative estimate of drug-likeness (QED) is 0.376. The smallest absolute Gasteiger partial charge is 0.146 e. The number of carbonyl (C=O) groups excluding carboxylic acids is 2. The minimum Gasteiger partial charge on any atom is -0.303 e. The van der Waals surface area contributed by atoms with Gasteiger partial charge in [-0.15, -0.1) is 0 Å². The first-order valence-electron chi connectivity index (χ1n) is 4.82. The minimum atomic E-state index is -0.0426. The van der Waals surface area contributed by atoms with Crippen LogP contribution in [0.25, 0.3) is 0 Å². The summed E-state index contributed by atoms with van der Waals surface area (Å²) in [7, 11) is 0. The van der Waals surface area contributed by atoms with E-state index in [2.05, 4.69) is 22.9 Å². The number of carbonyl (C=O) groups is 2. The Morgan fingerprint density at radius 1 is 1.46 bits per heavy atom. The summed E-state index contributed by atoms with van der Waals surface area (Å²) in [5, 5.41) is 0. The Labute approximate surface area is 88.2 Å². The highest BCUT2D eigenvalue weighted by Crippen LogP contribution is 2.13. The number of halogens is 1. The van der Waals surface area contributed by atoms with Crippen molar-refractivity contribution in [3.8, 4) is 0 Å². The van der Waals surface area contributed by atoms with Crippen molar-refractivity contribution in [2.24, 2.45) is 0 Å². The predicted molar refractivity (Wildman–Crippen MR) is 57.2 cm³/mol. The Kier molecular flexibility index (Phi) is 8.30. The Bertz CT molecular complexity index is 157. The molecule has 0 aromatic rings. The molecule has 0 radical (unpaired) electrons. The summed E-state index contributed by atoms with van der Waals surface area (Å²) in [6, 6.07) is 0. The van der Waals surface area contributed by atoms with Crippen molar-refractivity contribution in [3.05, 3.63) is 0 Å². The molecule has 0 aliphatic rings. The fraction of sp³-hybridized carbons (Fsp3) is 0.800. The van der Waals surface area contributed by atoms with Gasteiger partial charge < -0.3 is 4.79 Å². The number of hydrogen-bond donors (Lipinski definition) is 0. The molecule has 1 atom stereocenters. The Balaban J connectivity index is 3.50. The van der Waals surface area contributed by atoms with Gasteiger partial charge in [0.2, 0.25) is 0 Å². The molecule has 0 amide bonds. The number of hydrogen-bond acceptors (Lipinski definition) is 2. The van der Waals surface area contributed by atoms with Crippen LogP contribution >= 0.6 is 15.9 Å². The van der Waals surface area contributed by atoms with Crippen LogP contribution in [0.3, 0.4) is 0 Å². The van der Waals surface area contributed by atoms with Crippen LogP contribution in [-0.2, 0) is 9.59 Å². The normalized spacial score (nSPS) is 12.5. The molecule has 13 heavy (non-hydrogen) atoms. The van der Waals surface area contributed by atoms with Crippen LogP contribution in [0.4, 0.5) is 0 Å². The first-order chi connectivity index (χ1) is 6.22. The average Bonchev–Trinajstić information content (AvgIpc) is 2.14. The summed E-state index contributed by atoms with van der Waals surface area (Å²) in [6.45, 7) is 2.07. The van der Waals surface area contributed by atoms with E-state index in [9.17, 15) is 9.59 Å². The molecular formula is C10H17BrO2. The van der Waals surface area contributed by atoms with Crippen LogP contribution in [0.5, 0.6) is 0 Å². The van der Waals surface area contributed by atoms with Crippen LogP contribution in [-0.4, -0.2) is 16.9 Å². The number of alkyl halides is 1. The topological polar surface area (TPSA) is 34.1 Å². The summed E-state index contributed by atoms with van der Waals surface area (Å²) in [4.78, 5) is 21.3. The van der Waals surface area contributed by atoms with E-state index in [0.717, 1.165) is 32.0 Å². The van der Waals surface area contributed by atoms with Crippen molar-refractivity contribution in [2.45, 2.75) is 50.3 Å². The third-order valence-electron chi connectivity index (χ3n) is 1.91. The molecule has 2 nitrogen and oxygen atoms in total. The molecule has 0 rings (SSSR count). The Hall–Kier alpha value is -0.180. The molecular weight excluding hydrogens is 232 g/mol. The van der Waals surface area contributed by atoms with Gasteiger partial charge in [-0.2, -0.15) is 0 Å². The molecule has 1 unspecified atom stereocenters. The maximum atomic E-state index is 11.4. The van der Waals surface area contributed by atoms with E-state index >= 15 is 0 Å². The lowest BCUT2D eigenvalue weighted by molar-refractivity contribution is -0.118. The summed E-state index contributed by atoms with van der Waals surface area (Å²) < 4.78 is 0. The third-order valence-corrected chi connectivity index (χ3v) is 2.87. The van der Waals surface area contributed by atoms with E-state index < -0.39 is 0 Å². The lowest BCUT2D eigenvalue weighted by Gasteiger charge is -2.06. The Morgan fingerprint density at radius 3 is 2.69 bits per heavy atom. The van der Waals surface area contributed by atoms with Crippen molar-refractivity contribution in [1.82, 2.24) is 0 Å². The first-order valence-corrected chi connectivity index (χ1v) is 5.74. The van der Waals surface area contributed by atoms with Crippen LogP contribution in [0.15, 0.2) is 0 Å². The summed E-state index contributed by atoms with van der Waals surface area (Å²) in [5.74, 6) is 0.271. The molecule has 0 aliphatic heterocycles. The van der Waals surface area contributed by atoms with Gasteiger partial charge in [0.25, 0.3) is 0 Å². The van der Waals surface area contributed by atoms with Crippen molar-refractivity contribution < 1.29 is 9.59 Å². The van der Waals surface area contributed by atoms with Crippen LogP contribution in [0, 0.1) is 0 Å². The third kappa shape index (κ3) is 6.94. The lowest BCUT2D eigenvalue weighted by atomic mass is 10.1. The maximum Gasteiger partial charge on any atom is 0.146 e. The van der Waals surface area contributed by atoms with E-state index in [1.165, 1.54) is 0 Å². The van der Waals surface area contributed by atoms with Crippen molar-refractivity contribution in [2.75, 3.05) is 0 Å². The zero-order chi connectivity index (χ0) is 10.1. The molecule has 0 saturated heterocycles. The van der Waals surface area contributed by atoms with Crippen molar-refractivity contribution in [1.29, 1.82) is 0 Å². The number of aldehydes is 1. The SMILES string of the molecule is CCCCC(=O)C(Br)CCCC=O. The number of ketones is 1. The van der Waals surface area contributed by atoms with Crippen LogP contribution in [0.2, 0.25) is 0 Å². The molecule has 0 bridgehead atoms. The highest BCUT2D eigenvalue weighted by molar-refractivity contribution is 9.10. The fourth-order valence-electron chi connectivity index (χ4n) is 1.05. The van der Waals surface area contributed by atoms with E-state index in [1.807, 2.05) is 0 Å². The van der Waals surface area contributed by atoms with Crippen LogP contribution in [0.1, 0.15) is 45.4 Å². The minimum absolute atomic E-state index is 0.0426. The summed E-state index contributed by atoms with van der Waals surface area (Å²) in [6.07, 6.45) is 5.72. The zero-order valence-corrected chi connectivity index (χ0v) is 9.68. The second-order valence-electron chi connectivity index (χ2n) is 3.13. The van der Waals surface area contributed by atoms with Gasteiger partial charge in [-0.3, -0.25) is 4.79 Å². The van der Waals surface area contributed by atoms with Gasteiger partial charge in [0.05, 0.1) is 4.83 Å². The van der Waals surface area contributed by atoms with Gasteiger partial charge in [-0.1, -0.05) is 29.3 Å². The van der Waals surface area contributed by atoms with Gasteiger partial charge >= 0.3 is 0 Å². The standard InChI is InChI=1S/C10H17BrO2/c1-2-3-7-10(13)9(11)6-4-5-8-12/h8-9H,2-7H2,1H3. The molecule has 0 aromatic carbocycles. The van der Waals surface area contributed by atoms with Gasteiger partial charge in [0, 0.05) is 12.8 Å². The molecule has 76 valence electrons. The molecule has 3 heteroatoms. The largest absolute Gasteiger partial charge is 0.303 e. The molecule has 0 heterocycles. The van der Waals surface area contributed by atoms with E-state index in [-0.39, 0.29) is 10.6 Å². The highest BCUT2D eigenvalue weighted by Gasteiger charge is 2.12. The van der Waals surface area contributed by atoms with Crippen molar-refractivity contribution in [3.63, 3.8) is 0 Å². The maximum absolute atomic E-state index is 11.4. The predicted octanol–water partition coefficient (Wildman–Crippen LogP) is 2.88. The molecule has 0 saturated carbocycles. The zero-order valence-electron chi connectivity index (χ0n) is 8.09. The molecule has 0 spiro atoms. The van der Waals surface area contributed by atoms with E-state index in [4.69, 9.17) is 0 Å². The molecule has 0 N–H and O–H groups in total. The van der Waals surface area contributed by atoms with Gasteiger partial charge in [0.1, 0.15) is 12.1 Å². The molecule has 0 aromatic heterocycles. The second kappa shape index (κ2) is 8.42. The number of rotatable bonds is 8. The average molecular weight is 249 g/mol. The molecule has 0 aliphatic carbocycles. The molecule has 0 fully saturated rings. The van der Waals surface area contributed by atoms with Gasteiger partial charge in [-0.05, 0) is 19.3 Å². The summed E-state index contributed by atoms with van der Waals surface area (Å²) in [5.41, 5.74) is 0. The Morgan fingerprint density at radius 2 is 2.15 bits per heavy atom. The van der Waals surface area contributed by atoms with Gasteiger partial charge in [0.15, 0.2) is 0 Å². The van der Waals surface area contributed by atoms with Gasteiger partial charge in [-0.25, -0.2) is 0 Å². The number of Topliss-reactive ketones (excluding diaryl/α,β-unsaturated/α-hetero) is 1. The number of unbranched alkanes of at least 4 members (excludes halogenated alkanes) is 2.